The van der Waals surface area contributed by atoms with Crippen molar-refractivity contribution in [3.05, 3.63) is 12.2 Å². The lowest BCUT2D eigenvalue weighted by Gasteiger charge is -2.63. The highest BCUT2D eigenvalue weighted by atomic mass is 33.1. The maximum atomic E-state index is 13.5. The van der Waals surface area contributed by atoms with E-state index in [1.165, 1.54) is 12.2 Å². The first-order chi connectivity index (χ1) is 18.1. The average Bonchev–Trinajstić information content (AvgIpc) is 3.52. The summed E-state index contributed by atoms with van der Waals surface area (Å²) in [7, 11) is 3.88. The molecule has 6 nitrogen and oxygen atoms in total. The highest BCUT2D eigenvalue weighted by Crippen LogP contribution is 2.69. The Morgan fingerprint density at radius 3 is 2.63 bits per heavy atom. The second-order valence-corrected chi connectivity index (χ2v) is 15.7. The third kappa shape index (κ3) is 4.89. The molecule has 0 aromatic heterocycles. The van der Waals surface area contributed by atoms with Gasteiger partial charge in [0, 0.05) is 40.6 Å². The summed E-state index contributed by atoms with van der Waals surface area (Å²) in [5.41, 5.74) is -1.23. The summed E-state index contributed by atoms with van der Waals surface area (Å²) in [5.74, 6) is 0.617. The predicted molar refractivity (Wildman–Crippen MR) is 150 cm³/mol. The van der Waals surface area contributed by atoms with Gasteiger partial charge in [0.05, 0.1) is 6.10 Å². The molecule has 2 bridgehead atoms. The maximum absolute atomic E-state index is 13.5. The van der Waals surface area contributed by atoms with Crippen molar-refractivity contribution in [3.63, 3.8) is 0 Å². The van der Waals surface area contributed by atoms with Crippen LogP contribution in [0.3, 0.4) is 0 Å². The van der Waals surface area contributed by atoms with Gasteiger partial charge in [0.1, 0.15) is 11.9 Å². The van der Waals surface area contributed by atoms with Crippen molar-refractivity contribution in [1.82, 2.24) is 0 Å². The lowest BCUT2D eigenvalue weighted by molar-refractivity contribution is -0.210. The minimum absolute atomic E-state index is 0.0119. The van der Waals surface area contributed by atoms with Crippen molar-refractivity contribution in [2.45, 2.75) is 109 Å². The zero-order valence-electron chi connectivity index (χ0n) is 23.1. The molecule has 0 aromatic rings. The number of ether oxygens (including phenoxy) is 2. The van der Waals surface area contributed by atoms with Crippen LogP contribution in [0.25, 0.3) is 0 Å². The summed E-state index contributed by atoms with van der Waals surface area (Å²) in [6.07, 6.45) is 11.8. The number of allylic oxidation sites excluding steroid dienone is 1. The topological polar surface area (TPSA) is 89.9 Å². The van der Waals surface area contributed by atoms with Crippen molar-refractivity contribution in [3.8, 4) is 0 Å². The first kappa shape index (κ1) is 28.5. The Bertz CT molecular complexity index is 962. The first-order valence-corrected chi connectivity index (χ1v) is 17.0. The zero-order chi connectivity index (χ0) is 27.1. The largest absolute Gasteiger partial charge is 0.459 e. The number of carbonyl (C=O) groups is 3. The van der Waals surface area contributed by atoms with Crippen LogP contribution in [-0.4, -0.2) is 52.6 Å². The number of aliphatic hydroxyl groups is 1. The predicted octanol–water partition coefficient (Wildman–Crippen LogP) is 5.90. The summed E-state index contributed by atoms with van der Waals surface area (Å²) in [5, 5.41) is 12.4. The van der Waals surface area contributed by atoms with E-state index in [2.05, 4.69) is 32.9 Å². The number of rotatable bonds is 8. The molecular formula is C30H44O6S2. The molecule has 0 amide bonds. The number of hydrogen-bond acceptors (Lipinski definition) is 8. The monoisotopic (exact) mass is 564 g/mol. The Hall–Kier alpha value is -0.990. The van der Waals surface area contributed by atoms with Crippen molar-refractivity contribution in [2.24, 2.45) is 34.0 Å². The summed E-state index contributed by atoms with van der Waals surface area (Å²) in [6, 6.07) is 0. The molecule has 5 rings (SSSR count). The van der Waals surface area contributed by atoms with Gasteiger partial charge in [0.15, 0.2) is 6.61 Å². The lowest BCUT2D eigenvalue weighted by atomic mass is 9.42. The molecule has 1 unspecified atom stereocenters. The van der Waals surface area contributed by atoms with Gasteiger partial charge in [-0.2, -0.15) is 0 Å². The summed E-state index contributed by atoms with van der Waals surface area (Å²) in [6.45, 7) is 6.12. The van der Waals surface area contributed by atoms with Crippen LogP contribution in [0.5, 0.6) is 0 Å². The summed E-state index contributed by atoms with van der Waals surface area (Å²) >= 11 is 0. The van der Waals surface area contributed by atoms with Gasteiger partial charge >= 0.3 is 11.9 Å². The van der Waals surface area contributed by atoms with Crippen LogP contribution in [0.15, 0.2) is 12.2 Å². The van der Waals surface area contributed by atoms with Crippen LogP contribution in [0.2, 0.25) is 0 Å². The van der Waals surface area contributed by atoms with E-state index >= 15 is 0 Å². The molecule has 1 heterocycles. The van der Waals surface area contributed by atoms with Crippen LogP contribution in [0, 0.1) is 34.0 Å². The highest BCUT2D eigenvalue weighted by molar-refractivity contribution is 8.77. The molecule has 38 heavy (non-hydrogen) atoms. The first-order valence-electron chi connectivity index (χ1n) is 14.6. The Labute approximate surface area is 235 Å². The van der Waals surface area contributed by atoms with Gasteiger partial charge in [0.2, 0.25) is 0 Å². The molecule has 4 aliphatic carbocycles. The zero-order valence-corrected chi connectivity index (χ0v) is 24.7. The van der Waals surface area contributed by atoms with Crippen LogP contribution in [-0.2, 0) is 23.9 Å². The molecule has 9 atom stereocenters. The number of unbranched alkanes of at least 4 members (excludes halogenated alkanes) is 1. The molecule has 3 saturated carbocycles. The molecular weight excluding hydrogens is 520 g/mol. The van der Waals surface area contributed by atoms with E-state index in [1.54, 1.807) is 0 Å². The van der Waals surface area contributed by atoms with E-state index in [1.807, 2.05) is 21.6 Å². The van der Waals surface area contributed by atoms with Gasteiger partial charge in [-0.3, -0.25) is 9.59 Å². The minimum atomic E-state index is -0.591. The maximum Gasteiger partial charge on any atom is 0.344 e. The second kappa shape index (κ2) is 11.1. The molecule has 8 heteroatoms. The molecule has 1 aliphatic heterocycles. The van der Waals surface area contributed by atoms with Crippen molar-refractivity contribution < 1.29 is 29.0 Å². The Kier molecular flexibility index (Phi) is 8.35. The van der Waals surface area contributed by atoms with Gasteiger partial charge in [-0.1, -0.05) is 60.9 Å². The smallest absolute Gasteiger partial charge is 0.344 e. The molecule has 4 fully saturated rings. The van der Waals surface area contributed by atoms with Crippen LogP contribution in [0.1, 0.15) is 91.4 Å². The van der Waals surface area contributed by atoms with Gasteiger partial charge in [-0.15, -0.1) is 0 Å². The van der Waals surface area contributed by atoms with E-state index in [0.29, 0.717) is 30.4 Å². The van der Waals surface area contributed by atoms with Crippen molar-refractivity contribution in [2.75, 3.05) is 12.4 Å². The van der Waals surface area contributed by atoms with E-state index in [-0.39, 0.29) is 29.0 Å². The van der Waals surface area contributed by atoms with Gasteiger partial charge in [0.25, 0.3) is 0 Å². The molecule has 212 valence electrons. The highest BCUT2D eigenvalue weighted by Gasteiger charge is 2.69. The number of hydrogen-bond donors (Lipinski definition) is 1. The van der Waals surface area contributed by atoms with Crippen molar-refractivity contribution in [1.29, 1.82) is 0 Å². The molecule has 1 spiro atoms. The number of ketones is 1. The molecule has 0 radical (unpaired) electrons. The summed E-state index contributed by atoms with van der Waals surface area (Å²) in [4.78, 5) is 38.8. The minimum Gasteiger partial charge on any atom is -0.459 e. The average molecular weight is 565 g/mol. The third-order valence-corrected chi connectivity index (χ3v) is 14.0. The summed E-state index contributed by atoms with van der Waals surface area (Å²) < 4.78 is 11.5. The number of Topliss-reactive ketones (excluding diaryl/α,β-unsaturated/α-hetero) is 1. The lowest BCUT2D eigenvalue weighted by Crippen LogP contribution is -2.64. The van der Waals surface area contributed by atoms with E-state index in [0.717, 1.165) is 44.9 Å². The standard InChI is InChI=1S/C30H44O6S2/c1-19-9-14-28(3)23(36-25(33)18-35-24(32)8-5-4-7-21-11-16-37-38-21)17-29(12-6-13-29)27(34)20(2)30(19)15-10-22(31)26(28)30/h6,12,19-21,23,26-27,34H,4-5,7-11,13-18H2,1-3H3/t19-,20+,21?,23-,26+,27+,28+,29+,30+/m1/s1. The Balaban J connectivity index is 1.26. The fourth-order valence-electron chi connectivity index (χ4n) is 8.74. The second-order valence-electron chi connectivity index (χ2n) is 12.9. The fraction of sp³-hybridized carbons (Fsp3) is 0.833. The van der Waals surface area contributed by atoms with Gasteiger partial charge in [-0.25, -0.2) is 4.79 Å². The number of esters is 2. The molecule has 0 aromatic carbocycles. The van der Waals surface area contributed by atoms with Crippen LogP contribution in [0.4, 0.5) is 0 Å². The van der Waals surface area contributed by atoms with Crippen LogP contribution < -0.4 is 0 Å². The van der Waals surface area contributed by atoms with Gasteiger partial charge < -0.3 is 14.6 Å². The Morgan fingerprint density at radius 1 is 1.16 bits per heavy atom. The molecule has 1 N–H and O–H groups in total. The fourth-order valence-corrected chi connectivity index (χ4v) is 11.8. The van der Waals surface area contributed by atoms with Crippen molar-refractivity contribution >= 4 is 39.3 Å². The van der Waals surface area contributed by atoms with Gasteiger partial charge in [-0.05, 0) is 68.6 Å². The quantitative estimate of drug-likeness (QED) is 0.169. The SMILES string of the molecule is C[C@@H]1CC[C@@]2(C)[C@H](OC(=O)COC(=O)CCCCC3CCSS3)C[C@@]3(C=CC3)[C@@H](O)[C@H](C)[C@]13CCC(=O)[C@@H]23. The number of aliphatic hydroxyl groups excluding tert-OH is 1. The van der Waals surface area contributed by atoms with E-state index < -0.39 is 35.6 Å². The third-order valence-electron chi connectivity index (χ3n) is 11.0. The normalized spacial score (nSPS) is 43.7. The molecule has 5 aliphatic rings. The van der Waals surface area contributed by atoms with E-state index in [9.17, 15) is 19.5 Å². The van der Waals surface area contributed by atoms with Crippen LogP contribution >= 0.6 is 21.6 Å². The number of carbonyl (C=O) groups excluding carboxylic acids is 3. The Morgan fingerprint density at radius 2 is 1.95 bits per heavy atom. The van der Waals surface area contributed by atoms with E-state index in [4.69, 9.17) is 9.47 Å². The molecule has 1 saturated heterocycles.